The molecule has 3 aliphatic heterocycles. The van der Waals surface area contributed by atoms with Crippen LogP contribution in [0.15, 0.2) is 18.2 Å². The molecule has 3 heterocycles. The first-order chi connectivity index (χ1) is 10.2. The maximum absolute atomic E-state index is 12.6. The summed E-state index contributed by atoms with van der Waals surface area (Å²) in [6.07, 6.45) is 2.36. The van der Waals surface area contributed by atoms with Crippen molar-refractivity contribution >= 4 is 5.91 Å². The maximum atomic E-state index is 12.6. The summed E-state index contributed by atoms with van der Waals surface area (Å²) in [5.41, 5.74) is 0.535. The van der Waals surface area contributed by atoms with E-state index in [4.69, 9.17) is 9.47 Å². The van der Waals surface area contributed by atoms with Crippen molar-refractivity contribution in [2.75, 3.05) is 33.9 Å². The van der Waals surface area contributed by atoms with Crippen molar-refractivity contribution in [3.8, 4) is 11.5 Å². The van der Waals surface area contributed by atoms with Gasteiger partial charge >= 0.3 is 0 Å². The van der Waals surface area contributed by atoms with Gasteiger partial charge in [0.2, 0.25) is 0 Å². The molecule has 1 N–H and O–H groups in total. The van der Waals surface area contributed by atoms with E-state index in [-0.39, 0.29) is 11.9 Å². The number of carbonyl (C=O) groups excluding carboxylic acids is 1. The first-order valence-electron chi connectivity index (χ1n) is 7.46. The first kappa shape index (κ1) is 14.2. The number of hydrogen-bond acceptors (Lipinski definition) is 4. The van der Waals surface area contributed by atoms with Gasteiger partial charge in [-0.3, -0.25) is 4.79 Å². The van der Waals surface area contributed by atoms with E-state index in [2.05, 4.69) is 10.2 Å². The summed E-state index contributed by atoms with van der Waals surface area (Å²) in [6, 6.07) is 5.54. The molecule has 0 aliphatic carbocycles. The van der Waals surface area contributed by atoms with Gasteiger partial charge in [-0.15, -0.1) is 0 Å². The molecule has 2 bridgehead atoms. The van der Waals surface area contributed by atoms with Gasteiger partial charge in [-0.05, 0) is 50.0 Å². The summed E-state index contributed by atoms with van der Waals surface area (Å²) >= 11 is 0. The van der Waals surface area contributed by atoms with E-state index in [1.807, 2.05) is 0 Å². The van der Waals surface area contributed by atoms with E-state index in [1.54, 1.807) is 32.4 Å². The molecular weight excluding hydrogens is 268 g/mol. The summed E-state index contributed by atoms with van der Waals surface area (Å²) < 4.78 is 10.5. The molecule has 0 aromatic heterocycles. The zero-order chi connectivity index (χ0) is 14.8. The number of carbonyl (C=O) groups is 1. The number of nitrogens with one attached hydrogen (secondary N) is 1. The highest BCUT2D eigenvalue weighted by Crippen LogP contribution is 2.29. The van der Waals surface area contributed by atoms with Gasteiger partial charge in [0, 0.05) is 12.6 Å². The highest BCUT2D eigenvalue weighted by Gasteiger charge is 2.35. The molecule has 0 spiro atoms. The van der Waals surface area contributed by atoms with Crippen LogP contribution >= 0.6 is 0 Å². The zero-order valence-corrected chi connectivity index (χ0v) is 12.6. The van der Waals surface area contributed by atoms with Crippen molar-refractivity contribution in [3.63, 3.8) is 0 Å². The number of nitrogens with zero attached hydrogens (tertiary/aromatic N) is 1. The van der Waals surface area contributed by atoms with E-state index in [0.29, 0.717) is 23.0 Å². The van der Waals surface area contributed by atoms with Crippen molar-refractivity contribution in [2.45, 2.75) is 18.9 Å². The van der Waals surface area contributed by atoms with Gasteiger partial charge < -0.3 is 19.7 Å². The summed E-state index contributed by atoms with van der Waals surface area (Å²) in [4.78, 5) is 15.0. The summed E-state index contributed by atoms with van der Waals surface area (Å²) in [5.74, 6) is 1.77. The van der Waals surface area contributed by atoms with E-state index < -0.39 is 0 Å². The smallest absolute Gasteiger partial charge is 0.255 e. The minimum absolute atomic E-state index is 0.0792. The molecule has 1 amide bonds. The lowest BCUT2D eigenvalue weighted by molar-refractivity contribution is 0.0619. The third kappa shape index (κ3) is 2.83. The van der Waals surface area contributed by atoms with Crippen LogP contribution in [0.25, 0.3) is 0 Å². The lowest BCUT2D eigenvalue weighted by atomic mass is 9.84. The average Bonchev–Trinajstić information content (AvgIpc) is 2.55. The third-order valence-corrected chi connectivity index (χ3v) is 4.62. The highest BCUT2D eigenvalue weighted by atomic mass is 16.5. The zero-order valence-electron chi connectivity index (χ0n) is 12.6. The minimum Gasteiger partial charge on any atom is -0.497 e. The fourth-order valence-corrected chi connectivity index (χ4v) is 3.37. The Bertz CT molecular complexity index is 524. The van der Waals surface area contributed by atoms with Crippen molar-refractivity contribution in [1.82, 2.24) is 10.2 Å². The Labute approximate surface area is 125 Å². The number of fused-ring (bicyclic) bond motifs is 3. The molecule has 1 unspecified atom stereocenters. The fraction of sp³-hybridized carbons (Fsp3) is 0.562. The molecule has 114 valence electrons. The van der Waals surface area contributed by atoms with Gasteiger partial charge in [0.05, 0.1) is 19.8 Å². The van der Waals surface area contributed by atoms with E-state index in [9.17, 15) is 4.79 Å². The monoisotopic (exact) mass is 290 g/mol. The molecule has 1 atom stereocenters. The lowest BCUT2D eigenvalue weighted by Crippen LogP contribution is -2.57. The number of methoxy groups -OCH3 is 2. The van der Waals surface area contributed by atoms with Crippen molar-refractivity contribution in [2.24, 2.45) is 5.92 Å². The Balaban J connectivity index is 1.75. The maximum Gasteiger partial charge on any atom is 0.255 e. The molecule has 1 aromatic rings. The Morgan fingerprint density at radius 3 is 2.57 bits per heavy atom. The fourth-order valence-electron chi connectivity index (χ4n) is 3.37. The molecule has 0 saturated carbocycles. The van der Waals surface area contributed by atoms with Crippen molar-refractivity contribution < 1.29 is 14.3 Å². The molecule has 4 rings (SSSR count). The van der Waals surface area contributed by atoms with Gasteiger partial charge in [0.15, 0.2) is 0 Å². The van der Waals surface area contributed by atoms with Crippen molar-refractivity contribution in [3.05, 3.63) is 23.8 Å². The number of hydrogen-bond donors (Lipinski definition) is 1. The second-order valence-electron chi connectivity index (χ2n) is 5.78. The molecule has 0 radical (unpaired) electrons. The van der Waals surface area contributed by atoms with E-state index >= 15 is 0 Å². The highest BCUT2D eigenvalue weighted by molar-refractivity contribution is 5.97. The summed E-state index contributed by atoms with van der Waals surface area (Å²) in [6.45, 7) is 3.29. The van der Waals surface area contributed by atoms with Crippen LogP contribution in [0.3, 0.4) is 0 Å². The normalized spacial score (nSPS) is 27.2. The lowest BCUT2D eigenvalue weighted by Gasteiger charge is -2.44. The van der Waals surface area contributed by atoms with Crippen LogP contribution in [0.1, 0.15) is 23.2 Å². The Hall–Kier alpha value is -1.75. The first-order valence-corrected chi connectivity index (χ1v) is 7.46. The minimum atomic E-state index is -0.0792. The number of rotatable bonds is 4. The van der Waals surface area contributed by atoms with E-state index in [0.717, 1.165) is 6.54 Å². The van der Waals surface area contributed by atoms with Gasteiger partial charge in [-0.1, -0.05) is 0 Å². The Morgan fingerprint density at radius 1 is 1.24 bits per heavy atom. The topological polar surface area (TPSA) is 50.8 Å². The molecule has 1 aromatic carbocycles. The molecule has 21 heavy (non-hydrogen) atoms. The SMILES string of the molecule is COc1ccc(OC)c(C(=O)NC2CN3CCC2CC3)c1. The molecule has 3 saturated heterocycles. The van der Waals surface area contributed by atoms with Crippen LogP contribution in [-0.2, 0) is 0 Å². The predicted octanol–water partition coefficient (Wildman–Crippen LogP) is 1.53. The van der Waals surface area contributed by atoms with Gasteiger partial charge in [-0.2, -0.15) is 0 Å². The van der Waals surface area contributed by atoms with Crippen LogP contribution in [0, 0.1) is 5.92 Å². The molecule has 5 nitrogen and oxygen atoms in total. The van der Waals surface area contributed by atoms with Gasteiger partial charge in [0.25, 0.3) is 5.91 Å². The molecule has 3 fully saturated rings. The standard InChI is InChI=1S/C16H22N2O3/c1-20-12-3-4-15(21-2)13(9-12)16(19)17-14-10-18-7-5-11(14)6-8-18/h3-4,9,11,14H,5-8,10H2,1-2H3,(H,17,19). The molecule has 3 aliphatic rings. The number of ether oxygens (including phenoxy) is 2. The quantitative estimate of drug-likeness (QED) is 0.913. The number of amides is 1. The Morgan fingerprint density at radius 2 is 2.00 bits per heavy atom. The molecule has 5 heteroatoms. The molecular formula is C16H22N2O3. The summed E-state index contributed by atoms with van der Waals surface area (Å²) in [7, 11) is 3.17. The van der Waals surface area contributed by atoms with Gasteiger partial charge in [0.1, 0.15) is 11.5 Å². The summed E-state index contributed by atoms with van der Waals surface area (Å²) in [5, 5.41) is 3.18. The number of piperidine rings is 3. The Kier molecular flexibility index (Phi) is 4.01. The average molecular weight is 290 g/mol. The van der Waals surface area contributed by atoms with Crippen LogP contribution in [0.2, 0.25) is 0 Å². The van der Waals surface area contributed by atoms with Crippen LogP contribution < -0.4 is 14.8 Å². The second-order valence-corrected chi connectivity index (χ2v) is 5.78. The second kappa shape index (κ2) is 5.93. The van der Waals surface area contributed by atoms with Crippen LogP contribution in [0.5, 0.6) is 11.5 Å². The van der Waals surface area contributed by atoms with Gasteiger partial charge in [-0.25, -0.2) is 0 Å². The van der Waals surface area contributed by atoms with E-state index in [1.165, 1.54) is 25.9 Å². The predicted molar refractivity (Wildman–Crippen MR) is 80.0 cm³/mol. The van der Waals surface area contributed by atoms with Crippen LogP contribution in [-0.4, -0.2) is 50.7 Å². The van der Waals surface area contributed by atoms with Crippen molar-refractivity contribution in [1.29, 1.82) is 0 Å². The number of benzene rings is 1. The third-order valence-electron chi connectivity index (χ3n) is 4.62. The van der Waals surface area contributed by atoms with Crippen LogP contribution in [0.4, 0.5) is 0 Å². The largest absolute Gasteiger partial charge is 0.497 e.